The molecule has 1 saturated carbocycles. The summed E-state index contributed by atoms with van der Waals surface area (Å²) >= 11 is 0. The quantitative estimate of drug-likeness (QED) is 0.849. The van der Waals surface area contributed by atoms with E-state index in [-0.39, 0.29) is 18.4 Å². The van der Waals surface area contributed by atoms with Crippen LogP contribution < -0.4 is 5.73 Å². The van der Waals surface area contributed by atoms with Crippen molar-refractivity contribution in [1.82, 2.24) is 4.90 Å². The van der Waals surface area contributed by atoms with E-state index in [1.165, 1.54) is 4.90 Å². The van der Waals surface area contributed by atoms with E-state index in [9.17, 15) is 13.6 Å². The first-order chi connectivity index (χ1) is 9.84. The smallest absolute Gasteiger partial charge is 0.410 e. The number of hydrogen-bond donors (Lipinski definition) is 1. The monoisotopic (exact) mass is 318 g/mol. The third-order valence-corrected chi connectivity index (χ3v) is 4.84. The van der Waals surface area contributed by atoms with E-state index in [4.69, 9.17) is 10.5 Å². The van der Waals surface area contributed by atoms with Gasteiger partial charge in [0.25, 0.3) is 5.92 Å². The number of nitrogens with zero attached hydrogens (tertiary/aromatic N) is 1. The number of rotatable bonds is 2. The van der Waals surface area contributed by atoms with Crippen molar-refractivity contribution in [2.45, 2.75) is 71.4 Å². The Morgan fingerprint density at radius 3 is 2.32 bits per heavy atom. The molecule has 1 aliphatic heterocycles. The minimum absolute atomic E-state index is 0.104. The number of alkyl halides is 2. The predicted octanol–water partition coefficient (Wildman–Crippen LogP) is 3.40. The second-order valence-corrected chi connectivity index (χ2v) is 8.57. The average Bonchev–Trinajstić information content (AvgIpc) is 2.89. The van der Waals surface area contributed by atoms with Gasteiger partial charge in [0.1, 0.15) is 5.60 Å². The molecule has 0 aromatic heterocycles. The summed E-state index contributed by atoms with van der Waals surface area (Å²) in [6.07, 6.45) is 0.593. The van der Waals surface area contributed by atoms with Crippen LogP contribution in [0.1, 0.15) is 53.9 Å². The van der Waals surface area contributed by atoms with Crippen molar-refractivity contribution in [1.29, 1.82) is 0 Å². The molecule has 2 atom stereocenters. The Labute approximate surface area is 131 Å². The number of ether oxygens (including phenoxy) is 1. The highest BCUT2D eigenvalue weighted by molar-refractivity contribution is 5.69. The minimum Gasteiger partial charge on any atom is -0.444 e. The first-order valence-corrected chi connectivity index (χ1v) is 7.91. The standard InChI is InChI=1S/C16H28F2N2O2/c1-13(2,3)22-12(21)20-10-14(4,5)7-6-11(20)15(9-19)8-16(15,17)18/h11H,6-10,19H2,1-5H3. The van der Waals surface area contributed by atoms with Gasteiger partial charge in [-0.1, -0.05) is 13.8 Å². The normalized spacial score (nSPS) is 33.5. The summed E-state index contributed by atoms with van der Waals surface area (Å²) in [5.41, 5.74) is 3.64. The highest BCUT2D eigenvalue weighted by Crippen LogP contribution is 2.64. The van der Waals surface area contributed by atoms with E-state index < -0.39 is 29.1 Å². The number of halogens is 2. The molecule has 1 aliphatic carbocycles. The van der Waals surface area contributed by atoms with Crippen LogP contribution >= 0.6 is 0 Å². The lowest BCUT2D eigenvalue weighted by Crippen LogP contribution is -2.57. The molecule has 128 valence electrons. The van der Waals surface area contributed by atoms with Gasteiger partial charge >= 0.3 is 6.09 Å². The van der Waals surface area contributed by atoms with Gasteiger partial charge < -0.3 is 15.4 Å². The van der Waals surface area contributed by atoms with Crippen LogP contribution in [0.4, 0.5) is 13.6 Å². The summed E-state index contributed by atoms with van der Waals surface area (Å²) in [5, 5.41) is 0. The number of nitrogens with two attached hydrogens (primary N) is 1. The molecule has 2 rings (SSSR count). The maximum Gasteiger partial charge on any atom is 0.410 e. The Hall–Kier alpha value is -0.910. The number of carbonyl (C=O) groups is 1. The third-order valence-electron chi connectivity index (χ3n) is 4.84. The molecule has 0 spiro atoms. The van der Waals surface area contributed by atoms with Crippen molar-refractivity contribution in [3.05, 3.63) is 0 Å². The molecule has 0 bridgehead atoms. The fraction of sp³-hybridized carbons (Fsp3) is 0.938. The molecule has 2 unspecified atom stereocenters. The van der Waals surface area contributed by atoms with Gasteiger partial charge in [-0.2, -0.15) is 0 Å². The fourth-order valence-electron chi connectivity index (χ4n) is 3.49. The van der Waals surface area contributed by atoms with Crippen molar-refractivity contribution < 1.29 is 18.3 Å². The van der Waals surface area contributed by atoms with Crippen molar-refractivity contribution in [2.75, 3.05) is 13.1 Å². The molecule has 0 aromatic rings. The van der Waals surface area contributed by atoms with Gasteiger partial charge in [0.15, 0.2) is 0 Å². The first-order valence-electron chi connectivity index (χ1n) is 7.91. The Morgan fingerprint density at radius 2 is 1.91 bits per heavy atom. The van der Waals surface area contributed by atoms with Crippen molar-refractivity contribution in [2.24, 2.45) is 16.6 Å². The molecule has 1 heterocycles. The number of hydrogen-bond acceptors (Lipinski definition) is 3. The topological polar surface area (TPSA) is 55.6 Å². The number of likely N-dealkylation sites (tertiary alicyclic amines) is 1. The lowest BCUT2D eigenvalue weighted by Gasteiger charge is -2.46. The molecule has 0 aromatic carbocycles. The Kier molecular flexibility index (Phi) is 4.00. The van der Waals surface area contributed by atoms with Crippen LogP contribution in [0.25, 0.3) is 0 Å². The maximum atomic E-state index is 13.9. The van der Waals surface area contributed by atoms with E-state index in [1.807, 2.05) is 13.8 Å². The van der Waals surface area contributed by atoms with Crippen LogP contribution in [0, 0.1) is 10.8 Å². The van der Waals surface area contributed by atoms with Crippen LogP contribution in [0.2, 0.25) is 0 Å². The van der Waals surface area contributed by atoms with E-state index in [0.717, 1.165) is 6.42 Å². The highest BCUT2D eigenvalue weighted by Gasteiger charge is 2.75. The average molecular weight is 318 g/mol. The minimum atomic E-state index is -2.78. The summed E-state index contributed by atoms with van der Waals surface area (Å²) < 4.78 is 33.3. The summed E-state index contributed by atoms with van der Waals surface area (Å²) in [7, 11) is 0. The largest absolute Gasteiger partial charge is 0.444 e. The lowest BCUT2D eigenvalue weighted by molar-refractivity contribution is -0.0419. The fourth-order valence-corrected chi connectivity index (χ4v) is 3.49. The number of amides is 1. The van der Waals surface area contributed by atoms with E-state index in [1.54, 1.807) is 20.8 Å². The van der Waals surface area contributed by atoms with E-state index >= 15 is 0 Å². The zero-order valence-corrected chi connectivity index (χ0v) is 14.2. The van der Waals surface area contributed by atoms with Crippen molar-refractivity contribution in [3.63, 3.8) is 0 Å². The molecule has 1 saturated heterocycles. The van der Waals surface area contributed by atoms with Gasteiger partial charge in [-0.15, -0.1) is 0 Å². The van der Waals surface area contributed by atoms with E-state index in [0.29, 0.717) is 13.0 Å². The first kappa shape index (κ1) is 17.4. The molecule has 2 N–H and O–H groups in total. The Morgan fingerprint density at radius 1 is 1.36 bits per heavy atom. The highest BCUT2D eigenvalue weighted by atomic mass is 19.3. The Balaban J connectivity index is 2.26. The molecule has 0 radical (unpaired) electrons. The molecule has 22 heavy (non-hydrogen) atoms. The van der Waals surface area contributed by atoms with Gasteiger partial charge in [0, 0.05) is 25.6 Å². The summed E-state index contributed by atoms with van der Waals surface area (Å²) in [6, 6.07) is -0.546. The molecule has 2 aliphatic rings. The molecule has 1 amide bonds. The zero-order chi connectivity index (χ0) is 17.0. The van der Waals surface area contributed by atoms with Gasteiger partial charge in [-0.05, 0) is 39.0 Å². The summed E-state index contributed by atoms with van der Waals surface area (Å²) in [5.74, 6) is -2.78. The maximum absolute atomic E-state index is 13.9. The van der Waals surface area contributed by atoms with E-state index in [2.05, 4.69) is 0 Å². The number of carbonyl (C=O) groups excluding carboxylic acids is 1. The van der Waals surface area contributed by atoms with Crippen LogP contribution in [0.3, 0.4) is 0 Å². The third kappa shape index (κ3) is 3.07. The van der Waals surface area contributed by atoms with Gasteiger partial charge in [0.2, 0.25) is 0 Å². The molecule has 2 fully saturated rings. The Bertz CT molecular complexity index is 460. The summed E-state index contributed by atoms with van der Waals surface area (Å²) in [4.78, 5) is 14.0. The number of piperidine rings is 1. The van der Waals surface area contributed by atoms with Gasteiger partial charge in [-0.3, -0.25) is 0 Å². The molecular weight excluding hydrogens is 290 g/mol. The van der Waals surface area contributed by atoms with Gasteiger partial charge in [0.05, 0.1) is 5.41 Å². The molecular formula is C16H28F2N2O2. The summed E-state index contributed by atoms with van der Waals surface area (Å²) in [6.45, 7) is 9.73. The predicted molar refractivity (Wildman–Crippen MR) is 80.8 cm³/mol. The van der Waals surface area contributed by atoms with Crippen LogP contribution in [-0.4, -0.2) is 41.6 Å². The lowest BCUT2D eigenvalue weighted by atomic mass is 9.76. The SMILES string of the molecule is CC1(C)CCC(C2(CN)CC2(F)F)N(C(=O)OC(C)(C)C)C1. The molecule has 4 nitrogen and oxygen atoms in total. The second kappa shape index (κ2) is 5.05. The molecule has 6 heteroatoms. The van der Waals surface area contributed by atoms with Crippen LogP contribution in [0.5, 0.6) is 0 Å². The van der Waals surface area contributed by atoms with Crippen molar-refractivity contribution in [3.8, 4) is 0 Å². The van der Waals surface area contributed by atoms with Crippen LogP contribution in [0.15, 0.2) is 0 Å². The zero-order valence-electron chi connectivity index (χ0n) is 14.2. The van der Waals surface area contributed by atoms with Gasteiger partial charge in [-0.25, -0.2) is 13.6 Å². The van der Waals surface area contributed by atoms with Crippen LogP contribution in [-0.2, 0) is 4.74 Å². The second-order valence-electron chi connectivity index (χ2n) is 8.57. The van der Waals surface area contributed by atoms with Crippen molar-refractivity contribution >= 4 is 6.09 Å².